The highest BCUT2D eigenvalue weighted by atomic mass is 35.5. The van der Waals surface area contributed by atoms with Crippen LogP contribution in [0.25, 0.3) is 16.9 Å². The van der Waals surface area contributed by atoms with Crippen molar-refractivity contribution in [1.29, 1.82) is 0 Å². The highest BCUT2D eigenvalue weighted by Gasteiger charge is 2.22. The number of rotatable bonds is 9. The molecular weight excluding hydrogens is 514 g/mol. The maximum atomic E-state index is 13.1. The Morgan fingerprint density at radius 3 is 2.36 bits per heavy atom. The quantitative estimate of drug-likeness (QED) is 0.241. The summed E-state index contributed by atoms with van der Waals surface area (Å²) in [5.74, 6) is -0.911. The van der Waals surface area contributed by atoms with Gasteiger partial charge in [-0.3, -0.25) is 4.79 Å². The molecule has 5 rings (SSSR count). The summed E-state index contributed by atoms with van der Waals surface area (Å²) in [4.78, 5) is 29.7. The second-order valence-electron chi connectivity index (χ2n) is 9.19. The third kappa shape index (κ3) is 6.10. The van der Waals surface area contributed by atoms with Gasteiger partial charge in [-0.05, 0) is 54.4 Å². The molecule has 2 heterocycles. The molecule has 7 nitrogen and oxygen atoms in total. The minimum Gasteiger partial charge on any atom is -0.489 e. The number of benzene rings is 3. The van der Waals surface area contributed by atoms with Crippen molar-refractivity contribution in [2.24, 2.45) is 0 Å². The van der Waals surface area contributed by atoms with Gasteiger partial charge in [0.15, 0.2) is 0 Å². The highest BCUT2D eigenvalue weighted by molar-refractivity contribution is 6.30. The summed E-state index contributed by atoms with van der Waals surface area (Å²) < 4.78 is 7.62. The molecule has 0 unspecified atom stereocenters. The SMILES string of the molecule is Cc1c(-c2ccc(Cl)cc2)nc2ccc(C(=O)N[C@@H](Cc3ccc(OCc4ccccc4)cc3)C(=O)O)cn12. The lowest BCUT2D eigenvalue weighted by Crippen LogP contribution is -2.42. The van der Waals surface area contributed by atoms with Gasteiger partial charge in [0.25, 0.3) is 5.91 Å². The van der Waals surface area contributed by atoms with Crippen LogP contribution in [0.2, 0.25) is 5.02 Å². The number of halogens is 1. The molecule has 196 valence electrons. The first-order valence-corrected chi connectivity index (χ1v) is 12.8. The molecule has 2 aromatic heterocycles. The zero-order valence-corrected chi connectivity index (χ0v) is 21.9. The van der Waals surface area contributed by atoms with E-state index in [-0.39, 0.29) is 6.42 Å². The lowest BCUT2D eigenvalue weighted by atomic mass is 10.1. The van der Waals surface area contributed by atoms with Crippen molar-refractivity contribution in [1.82, 2.24) is 14.7 Å². The number of nitrogens with one attached hydrogen (secondary N) is 1. The molecule has 3 aromatic carbocycles. The number of aryl methyl sites for hydroxylation is 1. The van der Waals surface area contributed by atoms with Crippen molar-refractivity contribution in [3.63, 3.8) is 0 Å². The monoisotopic (exact) mass is 539 g/mol. The van der Waals surface area contributed by atoms with Crippen LogP contribution >= 0.6 is 11.6 Å². The number of carboxylic acids is 1. The van der Waals surface area contributed by atoms with Crippen molar-refractivity contribution in [3.8, 4) is 17.0 Å². The molecule has 0 spiro atoms. The molecule has 2 N–H and O–H groups in total. The van der Waals surface area contributed by atoms with Crippen LogP contribution in [0.3, 0.4) is 0 Å². The first-order chi connectivity index (χ1) is 18.9. The number of aliphatic carboxylic acids is 1. The molecule has 5 aromatic rings. The summed E-state index contributed by atoms with van der Waals surface area (Å²) in [6, 6.07) is 26.7. The van der Waals surface area contributed by atoms with Crippen LogP contribution in [0.15, 0.2) is 97.2 Å². The van der Waals surface area contributed by atoms with Gasteiger partial charge in [-0.15, -0.1) is 0 Å². The fourth-order valence-corrected chi connectivity index (χ4v) is 4.44. The minimum absolute atomic E-state index is 0.132. The summed E-state index contributed by atoms with van der Waals surface area (Å²) >= 11 is 6.01. The summed E-state index contributed by atoms with van der Waals surface area (Å²) in [7, 11) is 0. The average Bonchev–Trinajstić information content (AvgIpc) is 3.28. The van der Waals surface area contributed by atoms with Crippen LogP contribution in [0.4, 0.5) is 0 Å². The van der Waals surface area contributed by atoms with Crippen molar-refractivity contribution < 1.29 is 19.4 Å². The number of amides is 1. The molecule has 0 aliphatic heterocycles. The zero-order valence-electron chi connectivity index (χ0n) is 21.2. The van der Waals surface area contributed by atoms with Crippen molar-refractivity contribution in [3.05, 3.63) is 125 Å². The predicted molar refractivity (Wildman–Crippen MR) is 150 cm³/mol. The molecule has 0 radical (unpaired) electrons. The van der Waals surface area contributed by atoms with Crippen LogP contribution < -0.4 is 10.1 Å². The van der Waals surface area contributed by atoms with E-state index >= 15 is 0 Å². The van der Waals surface area contributed by atoms with Crippen molar-refractivity contribution >= 4 is 29.1 Å². The van der Waals surface area contributed by atoms with Gasteiger partial charge in [0, 0.05) is 28.9 Å². The normalized spacial score (nSPS) is 11.7. The molecule has 0 aliphatic rings. The Morgan fingerprint density at radius 2 is 1.67 bits per heavy atom. The molecule has 0 bridgehead atoms. The van der Waals surface area contributed by atoms with Crippen LogP contribution in [-0.4, -0.2) is 32.4 Å². The number of fused-ring (bicyclic) bond motifs is 1. The summed E-state index contributed by atoms with van der Waals surface area (Å²) in [6.07, 6.45) is 1.80. The van der Waals surface area contributed by atoms with Crippen molar-refractivity contribution in [2.75, 3.05) is 0 Å². The molecule has 1 atom stereocenters. The van der Waals surface area contributed by atoms with Gasteiger partial charge >= 0.3 is 5.97 Å². The summed E-state index contributed by atoms with van der Waals surface area (Å²) in [6.45, 7) is 2.36. The predicted octanol–water partition coefficient (Wildman–Crippen LogP) is 5.97. The first-order valence-electron chi connectivity index (χ1n) is 12.4. The number of ether oxygens (including phenoxy) is 1. The second kappa shape index (κ2) is 11.4. The molecular formula is C31H26ClN3O4. The van der Waals surface area contributed by atoms with E-state index in [4.69, 9.17) is 16.3 Å². The number of carbonyl (C=O) groups excluding carboxylic acids is 1. The Labute approximate surface area is 230 Å². The maximum Gasteiger partial charge on any atom is 0.326 e. The lowest BCUT2D eigenvalue weighted by molar-refractivity contribution is -0.139. The van der Waals surface area contributed by atoms with Gasteiger partial charge in [0.05, 0.1) is 11.3 Å². The van der Waals surface area contributed by atoms with Gasteiger partial charge in [0.2, 0.25) is 0 Å². The van der Waals surface area contributed by atoms with Gasteiger partial charge in [0.1, 0.15) is 24.0 Å². The van der Waals surface area contributed by atoms with E-state index in [1.54, 1.807) is 42.6 Å². The number of carbonyl (C=O) groups is 2. The number of pyridine rings is 1. The number of carboxylic acid groups (broad SMARTS) is 1. The van der Waals surface area contributed by atoms with E-state index < -0.39 is 17.9 Å². The van der Waals surface area contributed by atoms with E-state index in [1.165, 1.54) is 0 Å². The maximum absolute atomic E-state index is 13.1. The number of nitrogens with zero attached hydrogens (tertiary/aromatic N) is 2. The van der Waals surface area contributed by atoms with Crippen LogP contribution in [0.5, 0.6) is 5.75 Å². The van der Waals surface area contributed by atoms with E-state index in [0.29, 0.717) is 28.6 Å². The Balaban J connectivity index is 1.27. The number of hydrogen-bond donors (Lipinski definition) is 2. The molecule has 0 fully saturated rings. The smallest absolute Gasteiger partial charge is 0.326 e. The van der Waals surface area contributed by atoms with Crippen molar-refractivity contribution in [2.45, 2.75) is 26.0 Å². The zero-order chi connectivity index (χ0) is 27.4. The largest absolute Gasteiger partial charge is 0.489 e. The fraction of sp³-hybridized carbons (Fsp3) is 0.129. The minimum atomic E-state index is -1.11. The Kier molecular flexibility index (Phi) is 7.61. The van der Waals surface area contributed by atoms with E-state index in [1.807, 2.05) is 65.9 Å². The molecule has 1 amide bonds. The average molecular weight is 540 g/mol. The van der Waals surface area contributed by atoms with Crippen LogP contribution in [0, 0.1) is 6.92 Å². The fourth-order valence-electron chi connectivity index (χ4n) is 4.32. The Morgan fingerprint density at radius 1 is 0.949 bits per heavy atom. The molecule has 8 heteroatoms. The van der Waals surface area contributed by atoms with Gasteiger partial charge in [-0.25, -0.2) is 9.78 Å². The number of aromatic nitrogens is 2. The van der Waals surface area contributed by atoms with Crippen LogP contribution in [-0.2, 0) is 17.8 Å². The number of imidazole rings is 1. The van der Waals surface area contributed by atoms with Crippen LogP contribution in [0.1, 0.15) is 27.2 Å². The van der Waals surface area contributed by atoms with E-state index in [2.05, 4.69) is 10.3 Å². The molecule has 0 saturated carbocycles. The third-order valence-corrected chi connectivity index (χ3v) is 6.70. The number of hydrogen-bond acceptors (Lipinski definition) is 4. The first kappa shape index (κ1) is 26.0. The Bertz CT molecular complexity index is 1610. The van der Waals surface area contributed by atoms with Gasteiger partial charge in [-0.2, -0.15) is 0 Å². The third-order valence-electron chi connectivity index (χ3n) is 6.45. The van der Waals surface area contributed by atoms with E-state index in [9.17, 15) is 14.7 Å². The van der Waals surface area contributed by atoms with Gasteiger partial charge < -0.3 is 19.6 Å². The lowest BCUT2D eigenvalue weighted by Gasteiger charge is -2.15. The topological polar surface area (TPSA) is 92.9 Å². The Hall–Kier alpha value is -4.62. The standard InChI is InChI=1S/C31H26ClN3O4/c1-20-29(23-9-12-25(32)13-10-23)34-28-16-11-24(18-35(20)28)30(36)33-27(31(37)38)17-21-7-14-26(15-8-21)39-19-22-5-3-2-4-6-22/h2-16,18,27H,17,19H2,1H3,(H,33,36)(H,37,38)/t27-/m0/s1. The second-order valence-corrected chi connectivity index (χ2v) is 9.62. The van der Waals surface area contributed by atoms with E-state index in [0.717, 1.165) is 28.1 Å². The highest BCUT2D eigenvalue weighted by Crippen LogP contribution is 2.25. The summed E-state index contributed by atoms with van der Waals surface area (Å²) in [5.41, 5.74) is 5.38. The van der Waals surface area contributed by atoms with Gasteiger partial charge in [-0.1, -0.05) is 66.2 Å². The molecule has 0 aliphatic carbocycles. The molecule has 0 saturated heterocycles. The molecule has 39 heavy (non-hydrogen) atoms. The summed E-state index contributed by atoms with van der Waals surface area (Å²) in [5, 5.41) is 13.1.